The predicted octanol–water partition coefficient (Wildman–Crippen LogP) is 3.42. The molecule has 0 atom stereocenters. The molecular formula is C10H4F6N3S-. The van der Waals surface area contributed by atoms with Gasteiger partial charge in [-0.1, -0.05) is 0 Å². The van der Waals surface area contributed by atoms with E-state index in [-0.39, 0.29) is 17.0 Å². The standard InChI is InChI=1S/C10H5F6N3S/c11-9(12,13)5-1-4(7-17-8(20)19-18-7)2-6(3-5)10(14,15)16/h1-3H,(H2,17,18,19,20)/p-1. The van der Waals surface area contributed by atoms with E-state index >= 15 is 0 Å². The lowest BCUT2D eigenvalue weighted by atomic mass is 10.0. The summed E-state index contributed by atoms with van der Waals surface area (Å²) < 4.78 is 75.7. The molecule has 1 aromatic heterocycles. The summed E-state index contributed by atoms with van der Waals surface area (Å²) in [6.07, 6.45) is -9.82. The molecule has 1 aromatic carbocycles. The number of aromatic amines is 1. The van der Waals surface area contributed by atoms with E-state index in [0.717, 1.165) is 0 Å². The number of benzene rings is 1. The molecule has 108 valence electrons. The van der Waals surface area contributed by atoms with Crippen molar-refractivity contribution in [2.24, 2.45) is 0 Å². The number of hydrogen-bond donors (Lipinski definition) is 1. The zero-order valence-electron chi connectivity index (χ0n) is 9.30. The first kappa shape index (κ1) is 14.6. The molecule has 20 heavy (non-hydrogen) atoms. The number of hydrogen-bond acceptors (Lipinski definition) is 3. The van der Waals surface area contributed by atoms with E-state index in [9.17, 15) is 26.3 Å². The Morgan fingerprint density at radius 1 is 0.900 bits per heavy atom. The number of rotatable bonds is 1. The summed E-state index contributed by atoms with van der Waals surface area (Å²) in [5, 5.41) is 5.37. The van der Waals surface area contributed by atoms with Gasteiger partial charge in [0.05, 0.1) is 11.1 Å². The Morgan fingerprint density at radius 2 is 1.40 bits per heavy atom. The SMILES string of the molecule is FC(F)(F)c1cc(-c2nc([S-])n[nH]2)cc(C(F)(F)F)c1. The van der Waals surface area contributed by atoms with E-state index in [2.05, 4.69) is 27.8 Å². The van der Waals surface area contributed by atoms with Gasteiger partial charge in [-0.3, -0.25) is 5.10 Å². The second-order valence-electron chi connectivity index (χ2n) is 3.76. The number of halogens is 6. The van der Waals surface area contributed by atoms with Gasteiger partial charge >= 0.3 is 12.4 Å². The number of nitrogens with one attached hydrogen (secondary N) is 1. The van der Waals surface area contributed by atoms with Crippen molar-refractivity contribution >= 4 is 12.6 Å². The van der Waals surface area contributed by atoms with Gasteiger partial charge in [0.25, 0.3) is 0 Å². The van der Waals surface area contributed by atoms with Gasteiger partial charge < -0.3 is 12.6 Å². The molecule has 0 bridgehead atoms. The Labute approximate surface area is 113 Å². The summed E-state index contributed by atoms with van der Waals surface area (Å²) in [5.41, 5.74) is -3.25. The van der Waals surface area contributed by atoms with E-state index in [4.69, 9.17) is 0 Å². The van der Waals surface area contributed by atoms with E-state index in [0.29, 0.717) is 12.1 Å². The number of nitrogens with zero attached hydrogens (tertiary/aromatic N) is 2. The molecule has 0 aliphatic carbocycles. The van der Waals surface area contributed by atoms with Gasteiger partial charge in [-0.2, -0.15) is 31.4 Å². The third-order valence-corrected chi connectivity index (χ3v) is 2.51. The largest absolute Gasteiger partial charge is 0.738 e. The zero-order chi connectivity index (χ0) is 15.1. The van der Waals surface area contributed by atoms with E-state index in [1.54, 1.807) is 0 Å². The zero-order valence-corrected chi connectivity index (χ0v) is 10.1. The highest BCUT2D eigenvalue weighted by atomic mass is 32.1. The Morgan fingerprint density at radius 3 is 1.75 bits per heavy atom. The van der Waals surface area contributed by atoms with E-state index < -0.39 is 29.0 Å². The minimum atomic E-state index is -4.91. The van der Waals surface area contributed by atoms with Crippen LogP contribution in [0.15, 0.2) is 23.4 Å². The molecular weight excluding hydrogens is 308 g/mol. The van der Waals surface area contributed by atoms with Crippen LogP contribution in [0.25, 0.3) is 11.4 Å². The van der Waals surface area contributed by atoms with Gasteiger partial charge in [-0.05, 0) is 18.2 Å². The summed E-state index contributed by atoms with van der Waals surface area (Å²) in [4.78, 5) is 3.54. The molecule has 0 aliphatic heterocycles. The molecule has 0 radical (unpaired) electrons. The van der Waals surface area contributed by atoms with E-state index in [1.165, 1.54) is 0 Å². The first-order chi connectivity index (χ1) is 9.07. The maximum absolute atomic E-state index is 12.6. The van der Waals surface area contributed by atoms with Crippen molar-refractivity contribution in [2.45, 2.75) is 17.5 Å². The first-order valence-electron chi connectivity index (χ1n) is 4.96. The molecule has 10 heteroatoms. The van der Waals surface area contributed by atoms with Crippen LogP contribution in [-0.4, -0.2) is 15.2 Å². The normalized spacial score (nSPS) is 12.7. The quantitative estimate of drug-likeness (QED) is 0.648. The van der Waals surface area contributed by atoms with Crippen LogP contribution in [0.1, 0.15) is 11.1 Å². The van der Waals surface area contributed by atoms with Crippen LogP contribution in [0.5, 0.6) is 0 Å². The molecule has 2 rings (SSSR count). The lowest BCUT2D eigenvalue weighted by Crippen LogP contribution is -2.11. The average molecular weight is 312 g/mol. The molecule has 2 aromatic rings. The third-order valence-electron chi connectivity index (χ3n) is 2.33. The maximum atomic E-state index is 12.6. The van der Waals surface area contributed by atoms with Crippen LogP contribution in [0, 0.1) is 0 Å². The van der Waals surface area contributed by atoms with Crippen LogP contribution in [0.2, 0.25) is 0 Å². The van der Waals surface area contributed by atoms with Crippen molar-refractivity contribution in [3.8, 4) is 11.4 Å². The van der Waals surface area contributed by atoms with E-state index in [1.807, 2.05) is 0 Å². The van der Waals surface area contributed by atoms with Crippen LogP contribution in [0.4, 0.5) is 26.3 Å². The van der Waals surface area contributed by atoms with Crippen LogP contribution in [-0.2, 0) is 25.0 Å². The Hall–Kier alpha value is -1.84. The molecule has 1 heterocycles. The molecule has 0 saturated carbocycles. The molecule has 0 aliphatic rings. The fourth-order valence-corrected chi connectivity index (χ4v) is 1.60. The topological polar surface area (TPSA) is 41.6 Å². The van der Waals surface area contributed by atoms with Gasteiger partial charge in [-0.25, -0.2) is 4.98 Å². The molecule has 1 N–H and O–H groups in total. The minimum absolute atomic E-state index is 0.0362. The highest BCUT2D eigenvalue weighted by Gasteiger charge is 2.37. The second kappa shape index (κ2) is 4.62. The minimum Gasteiger partial charge on any atom is -0.738 e. The Balaban J connectivity index is 2.63. The van der Waals surface area contributed by atoms with Crippen molar-refractivity contribution in [3.05, 3.63) is 29.3 Å². The van der Waals surface area contributed by atoms with Crippen molar-refractivity contribution < 1.29 is 26.3 Å². The number of aromatic nitrogens is 3. The van der Waals surface area contributed by atoms with Crippen LogP contribution in [0.3, 0.4) is 0 Å². The van der Waals surface area contributed by atoms with Gasteiger partial charge in [-0.15, -0.1) is 0 Å². The molecule has 3 nitrogen and oxygen atoms in total. The monoisotopic (exact) mass is 312 g/mol. The number of H-pyrrole nitrogens is 1. The number of alkyl halides is 6. The van der Waals surface area contributed by atoms with Crippen molar-refractivity contribution in [2.75, 3.05) is 0 Å². The smallest absolute Gasteiger partial charge is 0.416 e. The lowest BCUT2D eigenvalue weighted by molar-refractivity contribution is -0.143. The third kappa shape index (κ3) is 3.00. The predicted molar refractivity (Wildman–Crippen MR) is 57.5 cm³/mol. The average Bonchev–Trinajstić information content (AvgIpc) is 2.73. The molecule has 0 amide bonds. The van der Waals surface area contributed by atoms with Gasteiger partial charge in [0.15, 0.2) is 5.82 Å². The first-order valence-corrected chi connectivity index (χ1v) is 5.37. The summed E-state index contributed by atoms with van der Waals surface area (Å²) in [5.74, 6) is -0.258. The summed E-state index contributed by atoms with van der Waals surface area (Å²) >= 11 is 4.55. The van der Waals surface area contributed by atoms with Crippen molar-refractivity contribution in [1.29, 1.82) is 0 Å². The Bertz CT molecular complexity index is 598. The molecule has 0 fully saturated rings. The summed E-state index contributed by atoms with van der Waals surface area (Å²) in [7, 11) is 0. The molecule has 0 spiro atoms. The van der Waals surface area contributed by atoms with Crippen LogP contribution >= 0.6 is 0 Å². The molecule has 0 unspecified atom stereocenters. The van der Waals surface area contributed by atoms with Gasteiger partial charge in [0.1, 0.15) is 0 Å². The Kier molecular flexibility index (Phi) is 3.36. The summed E-state index contributed by atoms with van der Waals surface area (Å²) in [6, 6.07) is 1.13. The highest BCUT2D eigenvalue weighted by Crippen LogP contribution is 2.37. The van der Waals surface area contributed by atoms with Crippen molar-refractivity contribution in [1.82, 2.24) is 15.2 Å². The molecule has 0 saturated heterocycles. The maximum Gasteiger partial charge on any atom is 0.416 e. The fraction of sp³-hybridized carbons (Fsp3) is 0.200. The highest BCUT2D eigenvalue weighted by molar-refractivity contribution is 7.58. The van der Waals surface area contributed by atoms with Gasteiger partial charge in [0, 0.05) is 10.7 Å². The van der Waals surface area contributed by atoms with Crippen LogP contribution < -0.4 is 0 Å². The van der Waals surface area contributed by atoms with Gasteiger partial charge in [0.2, 0.25) is 0 Å². The van der Waals surface area contributed by atoms with Crippen molar-refractivity contribution in [3.63, 3.8) is 0 Å². The second-order valence-corrected chi connectivity index (χ2v) is 4.13. The lowest BCUT2D eigenvalue weighted by Gasteiger charge is -2.13. The summed E-state index contributed by atoms with van der Waals surface area (Å²) in [6.45, 7) is 0. The fourth-order valence-electron chi connectivity index (χ4n) is 1.47.